The lowest BCUT2D eigenvalue weighted by Crippen LogP contribution is -2.40. The summed E-state index contributed by atoms with van der Waals surface area (Å²) >= 11 is 0. The number of nitrogens with zero attached hydrogens (tertiary/aromatic N) is 2. The molecule has 0 aliphatic carbocycles. The highest BCUT2D eigenvalue weighted by atomic mass is 32.2. The molecule has 0 atom stereocenters. The monoisotopic (exact) mass is 216 g/mol. The quantitative estimate of drug-likeness (QED) is 0.649. The second-order valence-electron chi connectivity index (χ2n) is 3.40. The molecule has 1 aromatic heterocycles. The van der Waals surface area contributed by atoms with Gasteiger partial charge in [0.05, 0.1) is 5.69 Å². The van der Waals surface area contributed by atoms with Crippen LogP contribution in [0.1, 0.15) is 17.0 Å². The van der Waals surface area contributed by atoms with Crippen LogP contribution in [0.15, 0.2) is 0 Å². The van der Waals surface area contributed by atoms with E-state index in [1.54, 1.807) is 0 Å². The second kappa shape index (κ2) is 3.04. The van der Waals surface area contributed by atoms with Gasteiger partial charge < -0.3 is 0 Å². The SMILES string of the molecule is Cc1[nH]nc2c1CN(S(N)(=O)=O)CC2. The normalized spacial score (nSPS) is 18.1. The molecular weight excluding hydrogens is 204 g/mol. The van der Waals surface area contributed by atoms with Gasteiger partial charge in [-0.3, -0.25) is 5.10 Å². The van der Waals surface area contributed by atoms with Gasteiger partial charge in [0.25, 0.3) is 10.2 Å². The van der Waals surface area contributed by atoms with E-state index in [2.05, 4.69) is 10.2 Å². The van der Waals surface area contributed by atoms with E-state index in [-0.39, 0.29) is 0 Å². The number of hydrogen-bond donors (Lipinski definition) is 2. The summed E-state index contributed by atoms with van der Waals surface area (Å²) in [4.78, 5) is 0. The molecule has 2 heterocycles. The Kier molecular flexibility index (Phi) is 2.09. The molecule has 0 spiro atoms. The maximum atomic E-state index is 11.1. The molecule has 1 aliphatic rings. The first kappa shape index (κ1) is 9.63. The van der Waals surface area contributed by atoms with E-state index in [0.29, 0.717) is 19.5 Å². The summed E-state index contributed by atoms with van der Waals surface area (Å²) in [6, 6.07) is 0. The van der Waals surface area contributed by atoms with Crippen LogP contribution in [0.4, 0.5) is 0 Å². The van der Waals surface area contributed by atoms with Crippen molar-refractivity contribution in [2.75, 3.05) is 6.54 Å². The van der Waals surface area contributed by atoms with Crippen molar-refractivity contribution in [3.63, 3.8) is 0 Å². The molecule has 1 aromatic rings. The Morgan fingerprint density at radius 3 is 2.93 bits per heavy atom. The summed E-state index contributed by atoms with van der Waals surface area (Å²) in [6.07, 6.45) is 0.621. The maximum absolute atomic E-state index is 11.1. The summed E-state index contributed by atoms with van der Waals surface area (Å²) < 4.78 is 23.5. The molecule has 2 rings (SSSR count). The number of hydrogen-bond acceptors (Lipinski definition) is 3. The molecule has 3 N–H and O–H groups in total. The number of nitrogens with two attached hydrogens (primary N) is 1. The Morgan fingerprint density at radius 1 is 1.57 bits per heavy atom. The molecule has 1 aliphatic heterocycles. The third-order valence-corrected chi connectivity index (χ3v) is 3.48. The molecule has 0 bridgehead atoms. The van der Waals surface area contributed by atoms with Crippen molar-refractivity contribution in [1.29, 1.82) is 0 Å². The van der Waals surface area contributed by atoms with Gasteiger partial charge >= 0.3 is 0 Å². The molecule has 0 fully saturated rings. The Labute approximate surface area is 82.3 Å². The highest BCUT2D eigenvalue weighted by Crippen LogP contribution is 2.20. The van der Waals surface area contributed by atoms with E-state index in [0.717, 1.165) is 17.0 Å². The van der Waals surface area contributed by atoms with Gasteiger partial charge in [-0.25, -0.2) is 5.14 Å². The highest BCUT2D eigenvalue weighted by molar-refractivity contribution is 7.86. The summed E-state index contributed by atoms with van der Waals surface area (Å²) in [7, 11) is -3.57. The van der Waals surface area contributed by atoms with Crippen LogP contribution in [0.25, 0.3) is 0 Å². The van der Waals surface area contributed by atoms with E-state index in [9.17, 15) is 8.42 Å². The summed E-state index contributed by atoms with van der Waals surface area (Å²) in [6.45, 7) is 2.62. The van der Waals surface area contributed by atoms with Crippen LogP contribution in [0.5, 0.6) is 0 Å². The Balaban J connectivity index is 2.33. The van der Waals surface area contributed by atoms with Crippen LogP contribution in [-0.4, -0.2) is 29.5 Å². The van der Waals surface area contributed by atoms with Crippen LogP contribution in [-0.2, 0) is 23.2 Å². The molecular formula is C7H12N4O2S. The Morgan fingerprint density at radius 2 is 2.29 bits per heavy atom. The minimum absolute atomic E-state index is 0.330. The van der Waals surface area contributed by atoms with Crippen LogP contribution < -0.4 is 5.14 Å². The van der Waals surface area contributed by atoms with Gasteiger partial charge in [-0.15, -0.1) is 0 Å². The number of rotatable bonds is 1. The van der Waals surface area contributed by atoms with Crippen molar-refractivity contribution in [2.24, 2.45) is 5.14 Å². The molecule has 7 heteroatoms. The van der Waals surface area contributed by atoms with E-state index in [1.165, 1.54) is 4.31 Å². The molecule has 0 saturated heterocycles. The van der Waals surface area contributed by atoms with Crippen LogP contribution >= 0.6 is 0 Å². The number of aromatic amines is 1. The standard InChI is InChI=1S/C7H12N4O2S/c1-5-6-4-11(14(8,12)13)3-2-7(6)10-9-5/h2-4H2,1H3,(H,9,10)(H2,8,12,13). The summed E-state index contributed by atoms with van der Waals surface area (Å²) in [5, 5.41) is 12.0. The predicted molar refractivity (Wildman–Crippen MR) is 50.5 cm³/mol. The summed E-state index contributed by atoms with van der Waals surface area (Å²) in [5.41, 5.74) is 2.81. The first-order valence-corrected chi connectivity index (χ1v) is 5.79. The number of aryl methyl sites for hydroxylation is 1. The average molecular weight is 216 g/mol. The van der Waals surface area contributed by atoms with E-state index in [4.69, 9.17) is 5.14 Å². The van der Waals surface area contributed by atoms with Gasteiger partial charge in [0.2, 0.25) is 0 Å². The maximum Gasteiger partial charge on any atom is 0.277 e. The fourth-order valence-electron chi connectivity index (χ4n) is 1.62. The van der Waals surface area contributed by atoms with Crippen LogP contribution in [0.3, 0.4) is 0 Å². The van der Waals surface area contributed by atoms with Crippen molar-refractivity contribution >= 4 is 10.2 Å². The second-order valence-corrected chi connectivity index (χ2v) is 4.95. The molecule has 0 amide bonds. The van der Waals surface area contributed by atoms with Crippen molar-refractivity contribution in [3.05, 3.63) is 17.0 Å². The van der Waals surface area contributed by atoms with Gasteiger partial charge in [0.1, 0.15) is 0 Å². The molecule has 0 radical (unpaired) electrons. The molecule has 0 saturated carbocycles. The lowest BCUT2D eigenvalue weighted by molar-refractivity contribution is 0.390. The highest BCUT2D eigenvalue weighted by Gasteiger charge is 2.26. The van der Waals surface area contributed by atoms with Gasteiger partial charge in [-0.1, -0.05) is 0 Å². The smallest absolute Gasteiger partial charge is 0.277 e. The predicted octanol–water partition coefficient (Wildman–Crippen LogP) is -0.720. The fraction of sp³-hybridized carbons (Fsp3) is 0.571. The zero-order valence-corrected chi connectivity index (χ0v) is 8.63. The van der Waals surface area contributed by atoms with E-state index in [1.807, 2.05) is 6.92 Å². The number of H-pyrrole nitrogens is 1. The van der Waals surface area contributed by atoms with Crippen LogP contribution in [0, 0.1) is 6.92 Å². The Bertz CT molecular complexity index is 450. The number of nitrogens with one attached hydrogen (secondary N) is 1. The minimum Gasteiger partial charge on any atom is -0.282 e. The van der Waals surface area contributed by atoms with Crippen molar-refractivity contribution < 1.29 is 8.42 Å². The third kappa shape index (κ3) is 1.54. The van der Waals surface area contributed by atoms with E-state index >= 15 is 0 Å². The lowest BCUT2D eigenvalue weighted by Gasteiger charge is -2.23. The topological polar surface area (TPSA) is 92.1 Å². The van der Waals surface area contributed by atoms with Crippen LogP contribution in [0.2, 0.25) is 0 Å². The van der Waals surface area contributed by atoms with E-state index < -0.39 is 10.2 Å². The zero-order chi connectivity index (χ0) is 10.3. The van der Waals surface area contributed by atoms with Crippen molar-refractivity contribution in [1.82, 2.24) is 14.5 Å². The molecule has 0 aromatic carbocycles. The fourth-order valence-corrected chi connectivity index (χ4v) is 2.28. The molecule has 78 valence electrons. The molecule has 6 nitrogen and oxygen atoms in total. The average Bonchev–Trinajstić information content (AvgIpc) is 2.46. The number of aromatic nitrogens is 2. The lowest BCUT2D eigenvalue weighted by atomic mass is 10.1. The molecule has 14 heavy (non-hydrogen) atoms. The van der Waals surface area contributed by atoms with Gasteiger partial charge in [0, 0.05) is 30.8 Å². The summed E-state index contributed by atoms with van der Waals surface area (Å²) in [5.74, 6) is 0. The van der Waals surface area contributed by atoms with Gasteiger partial charge in [-0.2, -0.15) is 17.8 Å². The number of fused-ring (bicyclic) bond motifs is 1. The zero-order valence-electron chi connectivity index (χ0n) is 7.82. The first-order chi connectivity index (χ1) is 6.48. The van der Waals surface area contributed by atoms with Gasteiger partial charge in [0.15, 0.2) is 0 Å². The third-order valence-electron chi connectivity index (χ3n) is 2.45. The largest absolute Gasteiger partial charge is 0.282 e. The van der Waals surface area contributed by atoms with Crippen molar-refractivity contribution in [3.8, 4) is 0 Å². The molecule has 0 unspecified atom stereocenters. The Hall–Kier alpha value is -0.920. The minimum atomic E-state index is -3.57. The van der Waals surface area contributed by atoms with Crippen molar-refractivity contribution in [2.45, 2.75) is 19.9 Å². The van der Waals surface area contributed by atoms with Gasteiger partial charge in [-0.05, 0) is 6.92 Å². The first-order valence-electron chi connectivity index (χ1n) is 4.29.